The van der Waals surface area contributed by atoms with Gasteiger partial charge in [0.25, 0.3) is 0 Å². The molecule has 84 valence electrons. The Morgan fingerprint density at radius 2 is 2.07 bits per heavy atom. The first-order valence-electron chi connectivity index (χ1n) is 6.15. The molecular formula is C14H23N. The summed E-state index contributed by atoms with van der Waals surface area (Å²) in [4.78, 5) is 0. The van der Waals surface area contributed by atoms with Gasteiger partial charge in [-0.1, -0.05) is 26.7 Å². The van der Waals surface area contributed by atoms with Crippen molar-refractivity contribution in [1.29, 1.82) is 0 Å². The van der Waals surface area contributed by atoms with E-state index in [4.69, 9.17) is 0 Å². The standard InChI is InChI=1S/C14H23N/c1-5-6-9-15-12-10-11-7-8-14(12,4)13(11,2)3/h11-12,15H,7-10H2,1-4H3/t11-,12?,14+/m0/s1. The van der Waals surface area contributed by atoms with Gasteiger partial charge in [-0.3, -0.25) is 0 Å². The number of hydrogen-bond acceptors (Lipinski definition) is 1. The van der Waals surface area contributed by atoms with E-state index in [0.717, 1.165) is 12.5 Å². The zero-order valence-corrected chi connectivity index (χ0v) is 10.5. The summed E-state index contributed by atoms with van der Waals surface area (Å²) in [5.74, 6) is 7.00. The lowest BCUT2D eigenvalue weighted by molar-refractivity contribution is 0.123. The first-order valence-corrected chi connectivity index (χ1v) is 6.15. The van der Waals surface area contributed by atoms with Gasteiger partial charge < -0.3 is 5.32 Å². The fourth-order valence-electron chi connectivity index (χ4n) is 3.78. The normalized spacial score (nSPS) is 41.3. The van der Waals surface area contributed by atoms with Crippen LogP contribution in [0, 0.1) is 28.6 Å². The lowest BCUT2D eigenvalue weighted by Gasteiger charge is -2.39. The minimum absolute atomic E-state index is 0.493. The van der Waals surface area contributed by atoms with E-state index in [-0.39, 0.29) is 0 Å². The van der Waals surface area contributed by atoms with Crippen molar-refractivity contribution in [3.8, 4) is 11.8 Å². The summed E-state index contributed by atoms with van der Waals surface area (Å²) in [7, 11) is 0. The van der Waals surface area contributed by atoms with Crippen molar-refractivity contribution in [2.75, 3.05) is 6.54 Å². The fraction of sp³-hybridized carbons (Fsp3) is 0.857. The Morgan fingerprint density at radius 1 is 1.33 bits per heavy atom. The molecule has 15 heavy (non-hydrogen) atoms. The van der Waals surface area contributed by atoms with Crippen LogP contribution in [0.1, 0.15) is 47.0 Å². The zero-order chi connectivity index (χ0) is 11.1. The summed E-state index contributed by atoms with van der Waals surface area (Å²) in [6, 6.07) is 0.687. The van der Waals surface area contributed by atoms with Gasteiger partial charge in [0.05, 0.1) is 6.54 Å². The van der Waals surface area contributed by atoms with Crippen LogP contribution in [-0.4, -0.2) is 12.6 Å². The van der Waals surface area contributed by atoms with Gasteiger partial charge >= 0.3 is 0 Å². The minimum Gasteiger partial charge on any atom is -0.303 e. The molecule has 0 aliphatic heterocycles. The Morgan fingerprint density at radius 3 is 2.53 bits per heavy atom. The Kier molecular flexibility index (Phi) is 2.59. The van der Waals surface area contributed by atoms with E-state index in [1.807, 2.05) is 6.92 Å². The smallest absolute Gasteiger partial charge is 0.0578 e. The van der Waals surface area contributed by atoms with E-state index in [9.17, 15) is 0 Å². The zero-order valence-electron chi connectivity index (χ0n) is 10.5. The predicted octanol–water partition coefficient (Wildman–Crippen LogP) is 2.81. The van der Waals surface area contributed by atoms with Gasteiger partial charge in [-0.15, -0.1) is 5.92 Å². The predicted molar refractivity (Wildman–Crippen MR) is 64.5 cm³/mol. The van der Waals surface area contributed by atoms with E-state index < -0.39 is 0 Å². The molecule has 2 bridgehead atoms. The summed E-state index contributed by atoms with van der Waals surface area (Å²) in [5.41, 5.74) is 1.01. The maximum Gasteiger partial charge on any atom is 0.0578 e. The monoisotopic (exact) mass is 205 g/mol. The highest BCUT2D eigenvalue weighted by Gasteiger charge is 2.60. The third-order valence-electron chi connectivity index (χ3n) is 5.41. The molecule has 0 amide bonds. The molecule has 0 heterocycles. The molecule has 1 heteroatoms. The summed E-state index contributed by atoms with van der Waals surface area (Å²) in [6.45, 7) is 10.2. The Labute approximate surface area is 94.0 Å². The second kappa shape index (κ2) is 3.52. The van der Waals surface area contributed by atoms with Crippen molar-refractivity contribution in [3.05, 3.63) is 0 Å². The van der Waals surface area contributed by atoms with Crippen molar-refractivity contribution >= 4 is 0 Å². The van der Waals surface area contributed by atoms with Crippen LogP contribution >= 0.6 is 0 Å². The largest absolute Gasteiger partial charge is 0.303 e. The van der Waals surface area contributed by atoms with Crippen LogP contribution in [0.3, 0.4) is 0 Å². The summed E-state index contributed by atoms with van der Waals surface area (Å²) < 4.78 is 0. The maximum absolute atomic E-state index is 3.64. The van der Waals surface area contributed by atoms with Crippen LogP contribution < -0.4 is 5.32 Å². The number of nitrogens with one attached hydrogen (secondary N) is 1. The molecule has 1 nitrogen and oxygen atoms in total. The Balaban J connectivity index is 2.07. The maximum atomic E-state index is 3.64. The molecule has 0 radical (unpaired) electrons. The third-order valence-corrected chi connectivity index (χ3v) is 5.41. The van der Waals surface area contributed by atoms with Crippen LogP contribution in [0.4, 0.5) is 0 Å². The van der Waals surface area contributed by atoms with Crippen molar-refractivity contribution in [3.63, 3.8) is 0 Å². The lowest BCUT2D eigenvalue weighted by atomic mass is 9.69. The number of hydrogen-bond donors (Lipinski definition) is 1. The minimum atomic E-state index is 0.493. The molecule has 0 aromatic heterocycles. The van der Waals surface area contributed by atoms with Gasteiger partial charge in [0.1, 0.15) is 0 Å². The highest BCUT2D eigenvalue weighted by Crippen LogP contribution is 2.65. The molecule has 3 atom stereocenters. The third kappa shape index (κ3) is 1.42. The lowest BCUT2D eigenvalue weighted by Crippen LogP contribution is -2.44. The summed E-state index contributed by atoms with van der Waals surface area (Å²) >= 11 is 0. The molecule has 1 unspecified atom stereocenters. The molecule has 2 aliphatic carbocycles. The van der Waals surface area contributed by atoms with Crippen molar-refractivity contribution in [2.24, 2.45) is 16.7 Å². The molecule has 0 aromatic rings. The first kappa shape index (κ1) is 11.0. The van der Waals surface area contributed by atoms with Crippen LogP contribution in [0.2, 0.25) is 0 Å². The molecule has 2 rings (SSSR count). The van der Waals surface area contributed by atoms with Gasteiger partial charge in [0, 0.05) is 6.04 Å². The Hall–Kier alpha value is -0.480. The van der Waals surface area contributed by atoms with Gasteiger partial charge in [-0.25, -0.2) is 0 Å². The van der Waals surface area contributed by atoms with E-state index in [1.165, 1.54) is 19.3 Å². The first-order chi connectivity index (χ1) is 7.02. The molecule has 0 aromatic carbocycles. The Bertz CT molecular complexity index is 307. The second-order valence-electron chi connectivity index (χ2n) is 5.97. The average Bonchev–Trinajstić information content (AvgIpc) is 2.51. The van der Waals surface area contributed by atoms with E-state index in [0.29, 0.717) is 16.9 Å². The van der Waals surface area contributed by atoms with Crippen LogP contribution in [0.5, 0.6) is 0 Å². The van der Waals surface area contributed by atoms with Gasteiger partial charge in [0.2, 0.25) is 0 Å². The van der Waals surface area contributed by atoms with E-state index in [2.05, 4.69) is 37.9 Å². The van der Waals surface area contributed by atoms with E-state index in [1.54, 1.807) is 0 Å². The average molecular weight is 205 g/mol. The molecule has 0 saturated heterocycles. The highest BCUT2D eigenvalue weighted by atomic mass is 15.0. The van der Waals surface area contributed by atoms with Crippen LogP contribution in [-0.2, 0) is 0 Å². The topological polar surface area (TPSA) is 12.0 Å². The van der Waals surface area contributed by atoms with Crippen molar-refractivity contribution in [2.45, 2.75) is 53.0 Å². The molecule has 1 N–H and O–H groups in total. The van der Waals surface area contributed by atoms with E-state index >= 15 is 0 Å². The quantitative estimate of drug-likeness (QED) is 0.684. The van der Waals surface area contributed by atoms with Gasteiger partial charge in [-0.05, 0) is 42.9 Å². The van der Waals surface area contributed by atoms with Crippen LogP contribution in [0.15, 0.2) is 0 Å². The molecule has 2 aliphatic rings. The molecule has 2 saturated carbocycles. The molecule has 2 fully saturated rings. The van der Waals surface area contributed by atoms with Crippen molar-refractivity contribution < 1.29 is 0 Å². The summed E-state index contributed by atoms with van der Waals surface area (Å²) in [6.07, 6.45) is 4.18. The fourth-order valence-corrected chi connectivity index (χ4v) is 3.78. The van der Waals surface area contributed by atoms with Crippen molar-refractivity contribution in [1.82, 2.24) is 5.32 Å². The number of fused-ring (bicyclic) bond motifs is 2. The molecular weight excluding hydrogens is 182 g/mol. The SMILES string of the molecule is CC#CCNC1C[C@@H]2CC[C@@]1(C)C2(C)C. The summed E-state index contributed by atoms with van der Waals surface area (Å²) in [5, 5.41) is 3.64. The molecule has 0 spiro atoms. The second-order valence-corrected chi connectivity index (χ2v) is 5.97. The van der Waals surface area contributed by atoms with Gasteiger partial charge in [-0.2, -0.15) is 0 Å². The van der Waals surface area contributed by atoms with Crippen LogP contribution in [0.25, 0.3) is 0 Å². The number of rotatable bonds is 2. The van der Waals surface area contributed by atoms with Gasteiger partial charge in [0.15, 0.2) is 0 Å². The highest BCUT2D eigenvalue weighted by molar-refractivity contribution is 5.13.